The van der Waals surface area contributed by atoms with Crippen molar-refractivity contribution in [2.45, 2.75) is 17.6 Å². The first-order chi connectivity index (χ1) is 13.2. The van der Waals surface area contributed by atoms with Gasteiger partial charge in [-0.3, -0.25) is 4.79 Å². The number of anilines is 1. The van der Waals surface area contributed by atoms with Crippen LogP contribution < -0.4 is 10.1 Å². The summed E-state index contributed by atoms with van der Waals surface area (Å²) in [5.41, 5.74) is 2.04. The molecule has 27 heavy (non-hydrogen) atoms. The molecule has 3 aromatic rings. The number of hydrogen-bond donors (Lipinski definition) is 1. The van der Waals surface area contributed by atoms with E-state index in [1.165, 1.54) is 24.3 Å². The molecular formula is C22H20FNO2S. The number of hydrogen-bond acceptors (Lipinski definition) is 3. The number of amides is 1. The van der Waals surface area contributed by atoms with E-state index >= 15 is 0 Å². The zero-order valence-corrected chi connectivity index (χ0v) is 15.8. The second-order valence-electron chi connectivity index (χ2n) is 5.82. The summed E-state index contributed by atoms with van der Waals surface area (Å²) in [6.07, 6.45) is 0. The molecule has 0 heterocycles. The summed E-state index contributed by atoms with van der Waals surface area (Å²) in [6, 6.07) is 21.2. The highest BCUT2D eigenvalue weighted by molar-refractivity contribution is 7.98. The van der Waals surface area contributed by atoms with Gasteiger partial charge in [-0.1, -0.05) is 18.2 Å². The smallest absolute Gasteiger partial charge is 0.255 e. The Labute approximate surface area is 162 Å². The Hall–Kier alpha value is -2.79. The van der Waals surface area contributed by atoms with E-state index < -0.39 is 0 Å². The van der Waals surface area contributed by atoms with Crippen LogP contribution in [0.2, 0.25) is 0 Å². The summed E-state index contributed by atoms with van der Waals surface area (Å²) < 4.78 is 18.7. The van der Waals surface area contributed by atoms with E-state index in [4.69, 9.17) is 4.74 Å². The van der Waals surface area contributed by atoms with E-state index in [0.29, 0.717) is 23.6 Å². The van der Waals surface area contributed by atoms with Gasteiger partial charge in [0.15, 0.2) is 0 Å². The van der Waals surface area contributed by atoms with Crippen molar-refractivity contribution in [1.29, 1.82) is 0 Å². The van der Waals surface area contributed by atoms with Crippen LogP contribution in [0.25, 0.3) is 0 Å². The minimum Gasteiger partial charge on any atom is -0.494 e. The van der Waals surface area contributed by atoms with Crippen LogP contribution in [0.5, 0.6) is 5.75 Å². The summed E-state index contributed by atoms with van der Waals surface area (Å²) >= 11 is 1.69. The molecule has 0 fully saturated rings. The molecule has 0 saturated carbocycles. The monoisotopic (exact) mass is 381 g/mol. The van der Waals surface area contributed by atoms with Crippen molar-refractivity contribution in [2.24, 2.45) is 0 Å². The Morgan fingerprint density at radius 1 is 1.04 bits per heavy atom. The molecule has 0 aliphatic heterocycles. The van der Waals surface area contributed by atoms with Crippen molar-refractivity contribution in [3.05, 3.63) is 89.7 Å². The molecule has 3 rings (SSSR count). The number of thioether (sulfide) groups is 1. The van der Waals surface area contributed by atoms with Gasteiger partial charge in [-0.15, -0.1) is 11.8 Å². The molecule has 0 aliphatic rings. The molecule has 0 saturated heterocycles. The van der Waals surface area contributed by atoms with Gasteiger partial charge in [-0.05, 0) is 61.5 Å². The van der Waals surface area contributed by atoms with Gasteiger partial charge in [0, 0.05) is 27.5 Å². The highest BCUT2D eigenvalue weighted by Crippen LogP contribution is 2.29. The van der Waals surface area contributed by atoms with E-state index in [0.717, 1.165) is 16.2 Å². The van der Waals surface area contributed by atoms with Gasteiger partial charge < -0.3 is 10.1 Å². The van der Waals surface area contributed by atoms with Crippen molar-refractivity contribution < 1.29 is 13.9 Å². The maximum atomic E-state index is 13.0. The fraction of sp³-hybridized carbons (Fsp3) is 0.136. The van der Waals surface area contributed by atoms with E-state index in [1.807, 2.05) is 37.3 Å². The lowest BCUT2D eigenvalue weighted by Gasteiger charge is -2.12. The van der Waals surface area contributed by atoms with E-state index in [9.17, 15) is 9.18 Å². The third-order valence-electron chi connectivity index (χ3n) is 3.86. The number of halogens is 1. The molecule has 3 aromatic carbocycles. The number of nitrogens with one attached hydrogen (secondary N) is 1. The van der Waals surface area contributed by atoms with Gasteiger partial charge in [0.2, 0.25) is 0 Å². The molecule has 3 nitrogen and oxygen atoms in total. The van der Waals surface area contributed by atoms with Gasteiger partial charge in [0.05, 0.1) is 6.61 Å². The van der Waals surface area contributed by atoms with Crippen LogP contribution in [-0.4, -0.2) is 12.5 Å². The van der Waals surface area contributed by atoms with E-state index in [-0.39, 0.29) is 11.7 Å². The maximum absolute atomic E-state index is 13.0. The van der Waals surface area contributed by atoms with Crippen LogP contribution in [-0.2, 0) is 5.75 Å². The Balaban J connectivity index is 1.77. The van der Waals surface area contributed by atoms with Crippen LogP contribution in [0.1, 0.15) is 22.8 Å². The molecular weight excluding hydrogens is 361 g/mol. The summed E-state index contributed by atoms with van der Waals surface area (Å²) in [7, 11) is 0. The highest BCUT2D eigenvalue weighted by atomic mass is 32.2. The van der Waals surface area contributed by atoms with Crippen LogP contribution in [0.4, 0.5) is 10.1 Å². The molecule has 0 unspecified atom stereocenters. The maximum Gasteiger partial charge on any atom is 0.255 e. The standard InChI is InChI=1S/C22H20FNO2S/c1-2-26-21-13-8-16(22(25)24-19-11-9-18(23)10-12-19)14-17(21)15-27-20-6-4-3-5-7-20/h3-14H,2,15H2,1H3,(H,24,25). The highest BCUT2D eigenvalue weighted by Gasteiger charge is 2.12. The molecule has 5 heteroatoms. The normalized spacial score (nSPS) is 10.4. The third kappa shape index (κ3) is 5.34. The third-order valence-corrected chi connectivity index (χ3v) is 4.92. The molecule has 0 aromatic heterocycles. The first-order valence-corrected chi connectivity index (χ1v) is 9.65. The average molecular weight is 381 g/mol. The summed E-state index contributed by atoms with van der Waals surface area (Å²) in [4.78, 5) is 13.7. The Morgan fingerprint density at radius 2 is 1.78 bits per heavy atom. The predicted octanol–water partition coefficient (Wildman–Crippen LogP) is 5.77. The largest absolute Gasteiger partial charge is 0.494 e. The molecule has 0 aliphatic carbocycles. The van der Waals surface area contributed by atoms with Crippen molar-refractivity contribution in [3.63, 3.8) is 0 Å². The van der Waals surface area contributed by atoms with Crippen molar-refractivity contribution in [3.8, 4) is 5.75 Å². The van der Waals surface area contributed by atoms with Gasteiger partial charge in [0.1, 0.15) is 11.6 Å². The van der Waals surface area contributed by atoms with Gasteiger partial charge in [0.25, 0.3) is 5.91 Å². The lowest BCUT2D eigenvalue weighted by atomic mass is 10.1. The second kappa shape index (κ2) is 9.24. The van der Waals surface area contributed by atoms with Crippen LogP contribution in [0.3, 0.4) is 0 Å². The number of carbonyl (C=O) groups excluding carboxylic acids is 1. The average Bonchev–Trinajstić information content (AvgIpc) is 2.70. The zero-order valence-electron chi connectivity index (χ0n) is 14.9. The second-order valence-corrected chi connectivity index (χ2v) is 6.87. The minimum atomic E-state index is -0.339. The van der Waals surface area contributed by atoms with Crippen molar-refractivity contribution >= 4 is 23.4 Å². The molecule has 0 spiro atoms. The minimum absolute atomic E-state index is 0.240. The fourth-order valence-electron chi connectivity index (χ4n) is 2.54. The van der Waals surface area contributed by atoms with E-state index in [2.05, 4.69) is 17.4 Å². The molecule has 138 valence electrons. The number of rotatable bonds is 7. The predicted molar refractivity (Wildman–Crippen MR) is 108 cm³/mol. The molecule has 1 amide bonds. The molecule has 0 atom stereocenters. The first-order valence-electron chi connectivity index (χ1n) is 8.66. The number of ether oxygens (including phenoxy) is 1. The lowest BCUT2D eigenvalue weighted by molar-refractivity contribution is 0.102. The van der Waals surface area contributed by atoms with Gasteiger partial charge in [-0.25, -0.2) is 4.39 Å². The first kappa shape index (κ1) is 19.0. The quantitative estimate of drug-likeness (QED) is 0.528. The van der Waals surface area contributed by atoms with Crippen molar-refractivity contribution in [1.82, 2.24) is 0 Å². The lowest BCUT2D eigenvalue weighted by Crippen LogP contribution is -2.12. The fourth-order valence-corrected chi connectivity index (χ4v) is 3.44. The Morgan fingerprint density at radius 3 is 2.48 bits per heavy atom. The van der Waals surface area contributed by atoms with E-state index in [1.54, 1.807) is 17.8 Å². The Bertz CT molecular complexity index is 898. The van der Waals surface area contributed by atoms with Crippen LogP contribution in [0, 0.1) is 5.82 Å². The van der Waals surface area contributed by atoms with Gasteiger partial charge >= 0.3 is 0 Å². The summed E-state index contributed by atoms with van der Waals surface area (Å²) in [5, 5.41) is 2.78. The van der Waals surface area contributed by atoms with Gasteiger partial charge in [-0.2, -0.15) is 0 Å². The molecule has 0 radical (unpaired) electrons. The van der Waals surface area contributed by atoms with Crippen molar-refractivity contribution in [2.75, 3.05) is 11.9 Å². The Kier molecular flexibility index (Phi) is 6.49. The molecule has 0 bridgehead atoms. The number of benzene rings is 3. The zero-order chi connectivity index (χ0) is 19.1. The molecule has 1 N–H and O–H groups in total. The summed E-state index contributed by atoms with van der Waals surface area (Å²) in [6.45, 7) is 2.49. The van der Waals surface area contributed by atoms with Crippen LogP contribution in [0.15, 0.2) is 77.7 Å². The SMILES string of the molecule is CCOc1ccc(C(=O)Nc2ccc(F)cc2)cc1CSc1ccccc1. The number of carbonyl (C=O) groups is 1. The summed E-state index contributed by atoms with van der Waals surface area (Å²) in [5.74, 6) is 0.890. The topological polar surface area (TPSA) is 38.3 Å². The van der Waals surface area contributed by atoms with Crippen LogP contribution >= 0.6 is 11.8 Å².